The van der Waals surface area contributed by atoms with Crippen molar-refractivity contribution in [2.75, 3.05) is 13.2 Å². The van der Waals surface area contributed by atoms with E-state index in [0.29, 0.717) is 0 Å². The van der Waals surface area contributed by atoms with Crippen molar-refractivity contribution in [1.82, 2.24) is 5.32 Å². The van der Waals surface area contributed by atoms with E-state index in [1.807, 2.05) is 0 Å². The first-order valence-electron chi connectivity index (χ1n) is 7.95. The zero-order chi connectivity index (χ0) is 24.0. The van der Waals surface area contributed by atoms with Gasteiger partial charge in [0, 0.05) is 19.0 Å². The van der Waals surface area contributed by atoms with Crippen LogP contribution in [0, 0.1) is 0 Å². The molecule has 0 radical (unpaired) electrons. The topological polar surface area (TPSA) is 122 Å². The zero-order valence-corrected chi connectivity index (χ0v) is 16.0. The molecular weight excluding hydrogens is 459 g/mol. The average molecular weight is 476 g/mol. The van der Waals surface area contributed by atoms with E-state index in [9.17, 15) is 53.3 Å². The first-order valence-corrected chi connectivity index (χ1v) is 9.36. The van der Waals surface area contributed by atoms with E-state index < -0.39 is 71.0 Å². The Morgan fingerprint density at radius 3 is 2.03 bits per heavy atom. The Kier molecular flexibility index (Phi) is 9.27. The molecule has 1 amide bonds. The summed E-state index contributed by atoms with van der Waals surface area (Å²) in [5, 5.41) is -4.24. The fourth-order valence-corrected chi connectivity index (χ4v) is 2.33. The quantitative estimate of drug-likeness (QED) is 0.114. The van der Waals surface area contributed by atoms with Gasteiger partial charge in [0.25, 0.3) is 0 Å². The molecule has 0 spiro atoms. The minimum atomic E-state index is -6.71. The predicted molar refractivity (Wildman–Crippen MR) is 83.2 cm³/mol. The number of ether oxygens (including phenoxy) is 2. The maximum atomic E-state index is 13.4. The van der Waals surface area contributed by atoms with Crippen LogP contribution in [0.4, 0.5) is 30.7 Å². The van der Waals surface area contributed by atoms with Crippen molar-refractivity contribution in [3.05, 3.63) is 12.7 Å². The first kappa shape index (κ1) is 28.1. The molecule has 1 N–H and O–H groups in total. The molecule has 0 saturated heterocycles. The molecule has 0 aliphatic carbocycles. The lowest BCUT2D eigenvalue weighted by atomic mass is 10.1. The third-order valence-corrected chi connectivity index (χ3v) is 4.28. The van der Waals surface area contributed by atoms with Crippen molar-refractivity contribution in [3.63, 3.8) is 0 Å². The summed E-state index contributed by atoms with van der Waals surface area (Å²) in [6.45, 7) is 2.52. The van der Waals surface area contributed by atoms with Gasteiger partial charge < -0.3 is 19.3 Å². The Balaban J connectivity index is 5.34. The van der Waals surface area contributed by atoms with Crippen LogP contribution in [0.15, 0.2) is 12.7 Å². The third kappa shape index (κ3) is 6.28. The van der Waals surface area contributed by atoms with E-state index >= 15 is 0 Å². The highest BCUT2D eigenvalue weighted by Crippen LogP contribution is 2.42. The van der Waals surface area contributed by atoms with Gasteiger partial charge in [-0.2, -0.15) is 30.7 Å². The van der Waals surface area contributed by atoms with Crippen molar-refractivity contribution in [3.8, 4) is 0 Å². The molecule has 1 atom stereocenters. The highest BCUT2D eigenvalue weighted by Gasteiger charge is 2.66. The SMILES string of the molecule is C=CC(=O)OC(OCCCCC(F)(F)C(F)(F)S(=O)(=O)[O-])(C(=O)NCC)C(F)(F)F. The van der Waals surface area contributed by atoms with Crippen LogP contribution >= 0.6 is 0 Å². The van der Waals surface area contributed by atoms with E-state index in [1.54, 1.807) is 5.32 Å². The number of alkyl halides is 7. The number of nitrogens with one attached hydrogen (secondary N) is 1. The Hall–Kier alpha value is -1.94. The van der Waals surface area contributed by atoms with Crippen LogP contribution in [0.2, 0.25) is 0 Å². The molecule has 0 rings (SSSR count). The van der Waals surface area contributed by atoms with Crippen molar-refractivity contribution >= 4 is 22.0 Å². The molecular formula is C14H17F7NO7S-. The first-order chi connectivity index (χ1) is 13.4. The minimum absolute atomic E-state index is 0.287. The molecule has 16 heteroatoms. The number of carbonyl (C=O) groups is 2. The van der Waals surface area contributed by atoms with E-state index in [4.69, 9.17) is 0 Å². The van der Waals surface area contributed by atoms with Crippen LogP contribution in [0.3, 0.4) is 0 Å². The molecule has 8 nitrogen and oxygen atoms in total. The molecule has 0 aromatic carbocycles. The Bertz CT molecular complexity index is 739. The summed E-state index contributed by atoms with van der Waals surface area (Å²) in [5.74, 6) is -13.2. The second-order valence-corrected chi connectivity index (χ2v) is 7.00. The van der Waals surface area contributed by atoms with E-state index in [2.05, 4.69) is 16.1 Å². The molecule has 0 aromatic rings. The fraction of sp³-hybridized carbons (Fsp3) is 0.714. The Labute approximate surface area is 166 Å². The number of likely N-dealkylation sites (N-methyl/N-ethyl adjacent to an activating group) is 1. The smallest absolute Gasteiger partial charge is 0.466 e. The minimum Gasteiger partial charge on any atom is -0.743 e. The molecule has 0 heterocycles. The number of amides is 1. The standard InChI is InChI=1S/C14H18F7NO7S/c1-3-9(23)29-12(13(17,18)19,10(24)22-4-2)28-8-6-5-7-11(15,16)14(20,21)30(25,26)27/h3H,1,4-8H2,2H3,(H,22,24)(H,25,26,27)/p-1. The molecule has 176 valence electrons. The van der Waals surface area contributed by atoms with Crippen LogP contribution in [-0.2, 0) is 29.2 Å². The van der Waals surface area contributed by atoms with Crippen molar-refractivity contribution in [2.45, 2.75) is 49.3 Å². The van der Waals surface area contributed by atoms with Crippen LogP contribution in [0.25, 0.3) is 0 Å². The van der Waals surface area contributed by atoms with Gasteiger partial charge in [-0.05, 0) is 19.8 Å². The number of esters is 1. The van der Waals surface area contributed by atoms with Crippen molar-refractivity contribution in [2.24, 2.45) is 0 Å². The number of carbonyl (C=O) groups excluding carboxylic acids is 2. The van der Waals surface area contributed by atoms with Gasteiger partial charge in [0.1, 0.15) is 0 Å². The van der Waals surface area contributed by atoms with Gasteiger partial charge in [0.15, 0.2) is 10.1 Å². The summed E-state index contributed by atoms with van der Waals surface area (Å²) >= 11 is 0. The van der Waals surface area contributed by atoms with E-state index in [-0.39, 0.29) is 12.6 Å². The second-order valence-electron chi connectivity index (χ2n) is 5.58. The normalized spacial score (nSPS) is 15.2. The van der Waals surface area contributed by atoms with E-state index in [1.165, 1.54) is 6.92 Å². The monoisotopic (exact) mass is 476 g/mol. The Morgan fingerprint density at radius 1 is 1.10 bits per heavy atom. The number of unbranched alkanes of at least 4 members (excludes halogenated alkanes) is 1. The van der Waals surface area contributed by atoms with Gasteiger partial charge in [0.05, 0.1) is 6.61 Å². The fourth-order valence-electron chi connectivity index (χ4n) is 1.86. The molecule has 0 bridgehead atoms. The highest BCUT2D eigenvalue weighted by molar-refractivity contribution is 7.86. The van der Waals surface area contributed by atoms with Gasteiger partial charge in [-0.1, -0.05) is 6.58 Å². The van der Waals surface area contributed by atoms with Gasteiger partial charge in [0.2, 0.25) is 0 Å². The maximum absolute atomic E-state index is 13.4. The van der Waals surface area contributed by atoms with Crippen LogP contribution in [-0.4, -0.2) is 61.1 Å². The Morgan fingerprint density at radius 2 is 1.63 bits per heavy atom. The summed E-state index contributed by atoms with van der Waals surface area (Å²) in [6, 6.07) is 0. The van der Waals surface area contributed by atoms with Crippen LogP contribution < -0.4 is 5.32 Å². The second kappa shape index (κ2) is 9.91. The molecule has 30 heavy (non-hydrogen) atoms. The number of hydrogen-bond donors (Lipinski definition) is 1. The lowest BCUT2D eigenvalue weighted by molar-refractivity contribution is -0.346. The molecule has 0 fully saturated rings. The molecule has 0 aliphatic rings. The number of rotatable bonds is 12. The van der Waals surface area contributed by atoms with Gasteiger partial charge >= 0.3 is 35.0 Å². The summed E-state index contributed by atoms with van der Waals surface area (Å²) in [7, 11) is -6.71. The molecule has 0 aromatic heterocycles. The molecule has 0 saturated carbocycles. The van der Waals surface area contributed by atoms with Crippen molar-refractivity contribution in [1.29, 1.82) is 0 Å². The lowest BCUT2D eigenvalue weighted by Crippen LogP contribution is -2.61. The van der Waals surface area contributed by atoms with Crippen LogP contribution in [0.5, 0.6) is 0 Å². The number of halogens is 7. The lowest BCUT2D eigenvalue weighted by Gasteiger charge is -2.32. The average Bonchev–Trinajstić information content (AvgIpc) is 2.57. The van der Waals surface area contributed by atoms with Gasteiger partial charge in [-0.3, -0.25) is 4.79 Å². The maximum Gasteiger partial charge on any atom is 0.466 e. The summed E-state index contributed by atoms with van der Waals surface area (Å²) < 4.78 is 132. The zero-order valence-electron chi connectivity index (χ0n) is 15.2. The molecule has 1 unspecified atom stereocenters. The van der Waals surface area contributed by atoms with Gasteiger partial charge in [-0.25, -0.2) is 13.2 Å². The highest BCUT2D eigenvalue weighted by atomic mass is 32.2. The number of hydrogen-bond acceptors (Lipinski definition) is 7. The summed E-state index contributed by atoms with van der Waals surface area (Å²) in [5.41, 5.74) is 0. The third-order valence-electron chi connectivity index (χ3n) is 3.35. The summed E-state index contributed by atoms with van der Waals surface area (Å²) in [6.07, 6.45) is -9.14. The predicted octanol–water partition coefficient (Wildman–Crippen LogP) is 2.07. The summed E-state index contributed by atoms with van der Waals surface area (Å²) in [4.78, 5) is 23.1. The van der Waals surface area contributed by atoms with Crippen LogP contribution in [0.1, 0.15) is 26.2 Å². The molecule has 0 aliphatic heterocycles. The van der Waals surface area contributed by atoms with Crippen molar-refractivity contribution < 1.29 is 62.8 Å². The largest absolute Gasteiger partial charge is 0.743 e. The van der Waals surface area contributed by atoms with Gasteiger partial charge in [-0.15, -0.1) is 0 Å². The van der Waals surface area contributed by atoms with E-state index in [0.717, 1.165) is 0 Å².